The molecule has 0 aliphatic rings. The Labute approximate surface area is 153 Å². The second-order valence-corrected chi connectivity index (χ2v) is 6.22. The van der Waals surface area contributed by atoms with Crippen LogP contribution in [0.25, 0.3) is 22.4 Å². The molecule has 0 saturated heterocycles. The van der Waals surface area contributed by atoms with Crippen molar-refractivity contribution in [2.75, 3.05) is 0 Å². The molecule has 8 heteroatoms. The average molecular weight is 368 g/mol. The standard InChI is InChI=1S/C18H14ClN5O2/c1-10(16-23-18(26-24-16)11-2-4-12(19)5-3-11)22-17(25)14-8-20-9-15-13(14)6-7-21-15/h2-10,21H,1H3,(H,22,25). The normalized spacial score (nSPS) is 12.2. The molecule has 0 aliphatic heterocycles. The summed E-state index contributed by atoms with van der Waals surface area (Å²) in [5.41, 5.74) is 2.04. The van der Waals surface area contributed by atoms with Crippen molar-refractivity contribution in [2.24, 2.45) is 0 Å². The van der Waals surface area contributed by atoms with Gasteiger partial charge in [0.1, 0.15) is 0 Å². The Morgan fingerprint density at radius 2 is 2.04 bits per heavy atom. The molecule has 3 aromatic heterocycles. The van der Waals surface area contributed by atoms with Gasteiger partial charge in [0.25, 0.3) is 11.8 Å². The number of aromatic amines is 1. The topological polar surface area (TPSA) is 96.7 Å². The molecule has 1 amide bonds. The minimum Gasteiger partial charge on any atom is -0.360 e. The lowest BCUT2D eigenvalue weighted by Crippen LogP contribution is -2.27. The molecule has 0 aliphatic carbocycles. The number of carbonyl (C=O) groups is 1. The van der Waals surface area contributed by atoms with Gasteiger partial charge in [-0.3, -0.25) is 9.78 Å². The van der Waals surface area contributed by atoms with Gasteiger partial charge in [0.2, 0.25) is 0 Å². The van der Waals surface area contributed by atoms with Crippen LogP contribution in [-0.2, 0) is 0 Å². The van der Waals surface area contributed by atoms with Crippen molar-refractivity contribution < 1.29 is 9.32 Å². The van der Waals surface area contributed by atoms with Crippen LogP contribution in [0.4, 0.5) is 0 Å². The number of nitrogens with zero attached hydrogens (tertiary/aromatic N) is 3. The van der Waals surface area contributed by atoms with Crippen LogP contribution in [0.3, 0.4) is 0 Å². The Morgan fingerprint density at radius 1 is 1.23 bits per heavy atom. The first kappa shape index (κ1) is 16.3. The molecule has 130 valence electrons. The van der Waals surface area contributed by atoms with E-state index in [9.17, 15) is 4.79 Å². The van der Waals surface area contributed by atoms with Gasteiger partial charge in [-0.25, -0.2) is 0 Å². The van der Waals surface area contributed by atoms with Gasteiger partial charge in [-0.1, -0.05) is 16.8 Å². The zero-order valence-electron chi connectivity index (χ0n) is 13.7. The van der Waals surface area contributed by atoms with Crippen molar-refractivity contribution in [2.45, 2.75) is 13.0 Å². The van der Waals surface area contributed by atoms with Crippen molar-refractivity contribution in [3.63, 3.8) is 0 Å². The Bertz CT molecular complexity index is 1070. The molecule has 4 aromatic rings. The highest BCUT2D eigenvalue weighted by Crippen LogP contribution is 2.22. The quantitative estimate of drug-likeness (QED) is 0.572. The van der Waals surface area contributed by atoms with Crippen LogP contribution >= 0.6 is 11.6 Å². The van der Waals surface area contributed by atoms with Crippen LogP contribution in [0.2, 0.25) is 5.02 Å². The van der Waals surface area contributed by atoms with E-state index in [0.29, 0.717) is 22.3 Å². The van der Waals surface area contributed by atoms with Gasteiger partial charge in [0.15, 0.2) is 5.82 Å². The monoisotopic (exact) mass is 367 g/mol. The van der Waals surface area contributed by atoms with E-state index in [4.69, 9.17) is 16.1 Å². The molecule has 0 saturated carbocycles. The van der Waals surface area contributed by atoms with Crippen LogP contribution in [0.5, 0.6) is 0 Å². The van der Waals surface area contributed by atoms with E-state index < -0.39 is 6.04 Å². The lowest BCUT2D eigenvalue weighted by Gasteiger charge is -2.10. The number of hydrogen-bond acceptors (Lipinski definition) is 5. The van der Waals surface area contributed by atoms with Crippen LogP contribution in [0.15, 0.2) is 53.4 Å². The second kappa shape index (κ2) is 6.61. The molecule has 0 fully saturated rings. The number of carbonyl (C=O) groups excluding carboxylic acids is 1. The molecule has 26 heavy (non-hydrogen) atoms. The first-order chi connectivity index (χ1) is 12.6. The maximum absolute atomic E-state index is 12.6. The number of aromatic nitrogens is 4. The summed E-state index contributed by atoms with van der Waals surface area (Å²) in [6.45, 7) is 1.79. The number of rotatable bonds is 4. The molecule has 1 aromatic carbocycles. The predicted molar refractivity (Wildman–Crippen MR) is 96.7 cm³/mol. The summed E-state index contributed by atoms with van der Waals surface area (Å²) in [6, 6.07) is 8.49. The van der Waals surface area contributed by atoms with E-state index >= 15 is 0 Å². The summed E-state index contributed by atoms with van der Waals surface area (Å²) < 4.78 is 5.28. The highest BCUT2D eigenvalue weighted by Gasteiger charge is 2.19. The number of benzene rings is 1. The van der Waals surface area contributed by atoms with E-state index in [1.165, 1.54) is 6.20 Å². The molecule has 1 unspecified atom stereocenters. The number of pyridine rings is 1. The molecule has 7 nitrogen and oxygen atoms in total. The van der Waals surface area contributed by atoms with Crippen molar-refractivity contribution in [1.82, 2.24) is 25.4 Å². The second-order valence-electron chi connectivity index (χ2n) is 5.79. The van der Waals surface area contributed by atoms with Crippen molar-refractivity contribution in [3.05, 3.63) is 65.3 Å². The third-order valence-corrected chi connectivity index (χ3v) is 4.24. The van der Waals surface area contributed by atoms with Crippen molar-refractivity contribution in [3.8, 4) is 11.5 Å². The molecule has 3 heterocycles. The van der Waals surface area contributed by atoms with E-state index in [2.05, 4.69) is 25.4 Å². The van der Waals surface area contributed by atoms with Crippen LogP contribution in [-0.4, -0.2) is 26.0 Å². The number of halogens is 1. The van der Waals surface area contributed by atoms with Gasteiger partial charge < -0.3 is 14.8 Å². The van der Waals surface area contributed by atoms with Gasteiger partial charge in [0, 0.05) is 28.4 Å². The third kappa shape index (κ3) is 3.04. The Balaban J connectivity index is 1.53. The maximum Gasteiger partial charge on any atom is 0.257 e. The lowest BCUT2D eigenvalue weighted by atomic mass is 10.1. The molecule has 0 bridgehead atoms. The summed E-state index contributed by atoms with van der Waals surface area (Å²) in [7, 11) is 0. The number of amides is 1. The number of fused-ring (bicyclic) bond motifs is 1. The van der Waals surface area contributed by atoms with Gasteiger partial charge in [0.05, 0.1) is 23.3 Å². The average Bonchev–Trinajstić information content (AvgIpc) is 3.31. The minimum absolute atomic E-state index is 0.256. The van der Waals surface area contributed by atoms with E-state index in [0.717, 1.165) is 16.5 Å². The molecule has 0 radical (unpaired) electrons. The molecule has 2 N–H and O–H groups in total. The van der Waals surface area contributed by atoms with Crippen LogP contribution in [0.1, 0.15) is 29.1 Å². The zero-order valence-corrected chi connectivity index (χ0v) is 14.5. The maximum atomic E-state index is 12.6. The fraction of sp³-hybridized carbons (Fsp3) is 0.111. The fourth-order valence-corrected chi connectivity index (χ4v) is 2.75. The first-order valence-corrected chi connectivity index (χ1v) is 8.31. The minimum atomic E-state index is -0.429. The van der Waals surface area contributed by atoms with Crippen molar-refractivity contribution in [1.29, 1.82) is 0 Å². The van der Waals surface area contributed by atoms with Gasteiger partial charge in [-0.05, 0) is 37.3 Å². The largest absolute Gasteiger partial charge is 0.360 e. The Hall–Kier alpha value is -3.19. The third-order valence-electron chi connectivity index (χ3n) is 3.99. The van der Waals surface area contributed by atoms with Crippen LogP contribution < -0.4 is 5.32 Å². The molecular formula is C18H14ClN5O2. The highest BCUT2D eigenvalue weighted by atomic mass is 35.5. The lowest BCUT2D eigenvalue weighted by molar-refractivity contribution is 0.0939. The summed E-state index contributed by atoms with van der Waals surface area (Å²) in [5, 5.41) is 8.26. The molecular weight excluding hydrogens is 354 g/mol. The Kier molecular flexibility index (Phi) is 4.14. The summed E-state index contributed by atoms with van der Waals surface area (Å²) >= 11 is 5.88. The molecule has 1 atom stereocenters. The van der Waals surface area contributed by atoms with E-state index in [1.54, 1.807) is 43.6 Å². The van der Waals surface area contributed by atoms with Crippen LogP contribution in [0, 0.1) is 0 Å². The first-order valence-electron chi connectivity index (χ1n) is 7.93. The number of hydrogen-bond donors (Lipinski definition) is 2. The van der Waals surface area contributed by atoms with Gasteiger partial charge in [-0.15, -0.1) is 0 Å². The summed E-state index contributed by atoms with van der Waals surface area (Å²) in [6.07, 6.45) is 4.98. The smallest absolute Gasteiger partial charge is 0.257 e. The van der Waals surface area contributed by atoms with Gasteiger partial charge in [-0.2, -0.15) is 4.98 Å². The fourth-order valence-electron chi connectivity index (χ4n) is 2.62. The summed E-state index contributed by atoms with van der Waals surface area (Å²) in [5.74, 6) is 0.498. The SMILES string of the molecule is CC(NC(=O)c1cncc2[nH]ccc12)c1noc(-c2ccc(Cl)cc2)n1. The number of nitrogens with one attached hydrogen (secondary N) is 2. The molecule has 0 spiro atoms. The van der Waals surface area contributed by atoms with Gasteiger partial charge >= 0.3 is 0 Å². The Morgan fingerprint density at radius 3 is 2.85 bits per heavy atom. The van der Waals surface area contributed by atoms with E-state index in [-0.39, 0.29) is 5.91 Å². The molecule has 4 rings (SSSR count). The van der Waals surface area contributed by atoms with E-state index in [1.807, 2.05) is 6.07 Å². The summed E-state index contributed by atoms with van der Waals surface area (Å²) in [4.78, 5) is 24.1. The highest BCUT2D eigenvalue weighted by molar-refractivity contribution is 6.30. The predicted octanol–water partition coefficient (Wildman–Crippen LogP) is 3.76. The number of H-pyrrole nitrogens is 1. The zero-order chi connectivity index (χ0) is 18.1. The van der Waals surface area contributed by atoms with Crippen molar-refractivity contribution >= 4 is 28.4 Å².